The zero-order chi connectivity index (χ0) is 9.42. The summed E-state index contributed by atoms with van der Waals surface area (Å²) in [5, 5.41) is 8.67. The molecule has 13 heavy (non-hydrogen) atoms. The molecule has 0 heterocycles. The summed E-state index contributed by atoms with van der Waals surface area (Å²) in [7, 11) is 0. The molecule has 2 atom stereocenters. The van der Waals surface area contributed by atoms with Gasteiger partial charge in [-0.3, -0.25) is 4.79 Å². The molecular weight excluding hydrogens is 171 g/mol. The molecule has 2 rings (SSSR count). The van der Waals surface area contributed by atoms with E-state index < -0.39 is 5.97 Å². The number of carbonyl (C=O) groups is 1. The van der Waals surface area contributed by atoms with Gasteiger partial charge in [0.15, 0.2) is 0 Å². The third-order valence-corrected chi connectivity index (χ3v) is 2.41. The first kappa shape index (κ1) is 8.23. The van der Waals surface area contributed by atoms with Gasteiger partial charge in [0.1, 0.15) is 5.82 Å². The maximum atomic E-state index is 12.5. The summed E-state index contributed by atoms with van der Waals surface area (Å²) in [6.45, 7) is 0. The molecule has 68 valence electrons. The third-order valence-electron chi connectivity index (χ3n) is 2.41. The van der Waals surface area contributed by atoms with Crippen LogP contribution in [0.25, 0.3) is 0 Å². The van der Waals surface area contributed by atoms with Gasteiger partial charge in [-0.15, -0.1) is 0 Å². The summed E-state index contributed by atoms with van der Waals surface area (Å²) in [4.78, 5) is 10.5. The van der Waals surface area contributed by atoms with Crippen molar-refractivity contribution in [1.82, 2.24) is 0 Å². The van der Waals surface area contributed by atoms with Crippen molar-refractivity contribution < 1.29 is 14.3 Å². The number of rotatable bonds is 2. The van der Waals surface area contributed by atoms with E-state index in [0.717, 1.165) is 5.56 Å². The molecule has 1 fully saturated rings. The average Bonchev–Trinajstić information content (AvgIpc) is 2.85. The Morgan fingerprint density at radius 2 is 2.00 bits per heavy atom. The molecule has 2 nitrogen and oxygen atoms in total. The lowest BCUT2D eigenvalue weighted by Gasteiger charge is -1.96. The molecule has 3 heteroatoms. The summed E-state index contributed by atoms with van der Waals surface area (Å²) in [5.74, 6) is -1.20. The van der Waals surface area contributed by atoms with Crippen LogP contribution in [0.4, 0.5) is 4.39 Å². The first-order chi connectivity index (χ1) is 6.18. The van der Waals surface area contributed by atoms with Gasteiger partial charge in [0.25, 0.3) is 0 Å². The van der Waals surface area contributed by atoms with Crippen molar-refractivity contribution in [3.63, 3.8) is 0 Å². The summed E-state index contributed by atoms with van der Waals surface area (Å²) < 4.78 is 12.5. The molecule has 1 N–H and O–H groups in total. The molecule has 1 saturated carbocycles. The number of hydrogen-bond donors (Lipinski definition) is 1. The van der Waals surface area contributed by atoms with E-state index >= 15 is 0 Å². The first-order valence-corrected chi connectivity index (χ1v) is 4.17. The molecule has 0 aromatic heterocycles. The minimum Gasteiger partial charge on any atom is -0.481 e. The number of halogens is 1. The van der Waals surface area contributed by atoms with Crippen LogP contribution in [0.2, 0.25) is 0 Å². The quantitative estimate of drug-likeness (QED) is 0.755. The van der Waals surface area contributed by atoms with E-state index in [1.165, 1.54) is 12.1 Å². The van der Waals surface area contributed by atoms with Crippen molar-refractivity contribution in [3.8, 4) is 0 Å². The summed E-state index contributed by atoms with van der Waals surface area (Å²) in [5.41, 5.74) is 0.925. The van der Waals surface area contributed by atoms with E-state index in [9.17, 15) is 9.18 Å². The molecule has 0 saturated heterocycles. The molecule has 0 radical (unpaired) electrons. The Balaban J connectivity index is 2.12. The van der Waals surface area contributed by atoms with Crippen molar-refractivity contribution >= 4 is 5.97 Å². The highest BCUT2D eigenvalue weighted by atomic mass is 19.1. The standard InChI is InChI=1S/C10H9FO2/c11-7-3-1-6(2-4-7)8-5-9(8)10(12)13/h1-4,8-9H,5H2,(H,12,13)/t8-,9-/m1/s1. The van der Waals surface area contributed by atoms with Gasteiger partial charge in [-0.1, -0.05) is 12.1 Å². The maximum Gasteiger partial charge on any atom is 0.307 e. The predicted molar refractivity (Wildman–Crippen MR) is 44.9 cm³/mol. The van der Waals surface area contributed by atoms with Crippen molar-refractivity contribution in [2.45, 2.75) is 12.3 Å². The Hall–Kier alpha value is -1.38. The van der Waals surface area contributed by atoms with E-state index in [2.05, 4.69) is 0 Å². The van der Waals surface area contributed by atoms with Gasteiger partial charge in [-0.05, 0) is 30.0 Å². The number of carboxylic acid groups (broad SMARTS) is 1. The lowest BCUT2D eigenvalue weighted by Crippen LogP contribution is -1.98. The maximum absolute atomic E-state index is 12.5. The molecule has 1 aliphatic carbocycles. The van der Waals surface area contributed by atoms with E-state index in [4.69, 9.17) is 5.11 Å². The van der Waals surface area contributed by atoms with Gasteiger partial charge >= 0.3 is 5.97 Å². The fourth-order valence-electron chi connectivity index (χ4n) is 1.55. The van der Waals surface area contributed by atoms with Crippen LogP contribution in [0.15, 0.2) is 24.3 Å². The van der Waals surface area contributed by atoms with Crippen LogP contribution >= 0.6 is 0 Å². The van der Waals surface area contributed by atoms with Gasteiger partial charge < -0.3 is 5.11 Å². The third kappa shape index (κ3) is 1.54. The molecule has 0 aliphatic heterocycles. The fraction of sp³-hybridized carbons (Fsp3) is 0.300. The minimum atomic E-state index is -0.755. The summed E-state index contributed by atoms with van der Waals surface area (Å²) in [6.07, 6.45) is 0.682. The monoisotopic (exact) mass is 180 g/mol. The Morgan fingerprint density at radius 1 is 1.38 bits per heavy atom. The SMILES string of the molecule is O=C(O)[C@@H]1C[C@@H]1c1ccc(F)cc1. The predicted octanol–water partition coefficient (Wildman–Crippen LogP) is 2.01. The molecular formula is C10H9FO2. The average molecular weight is 180 g/mol. The van der Waals surface area contributed by atoms with Gasteiger partial charge in [0.2, 0.25) is 0 Å². The van der Waals surface area contributed by atoms with E-state index in [0.29, 0.717) is 6.42 Å². The van der Waals surface area contributed by atoms with E-state index in [-0.39, 0.29) is 17.7 Å². The fourth-order valence-corrected chi connectivity index (χ4v) is 1.55. The van der Waals surface area contributed by atoms with Crippen LogP contribution in [0.3, 0.4) is 0 Å². The topological polar surface area (TPSA) is 37.3 Å². The molecule has 0 amide bonds. The lowest BCUT2D eigenvalue weighted by molar-refractivity contribution is -0.138. The van der Waals surface area contributed by atoms with Crippen LogP contribution in [-0.2, 0) is 4.79 Å². The largest absolute Gasteiger partial charge is 0.481 e. The van der Waals surface area contributed by atoms with E-state index in [1.54, 1.807) is 12.1 Å². The van der Waals surface area contributed by atoms with Crippen LogP contribution < -0.4 is 0 Å². The molecule has 1 aromatic rings. The molecule has 1 aromatic carbocycles. The molecule has 0 bridgehead atoms. The zero-order valence-corrected chi connectivity index (χ0v) is 6.90. The van der Waals surface area contributed by atoms with Crippen LogP contribution in [0, 0.1) is 11.7 Å². The van der Waals surface area contributed by atoms with Crippen molar-refractivity contribution in [3.05, 3.63) is 35.6 Å². The van der Waals surface area contributed by atoms with Crippen molar-refractivity contribution in [2.24, 2.45) is 5.92 Å². The molecule has 1 aliphatic rings. The number of hydrogen-bond acceptors (Lipinski definition) is 1. The Kier molecular flexibility index (Phi) is 1.79. The van der Waals surface area contributed by atoms with Crippen LogP contribution in [0.5, 0.6) is 0 Å². The zero-order valence-electron chi connectivity index (χ0n) is 6.90. The Morgan fingerprint density at radius 3 is 2.46 bits per heavy atom. The Labute approximate surface area is 75.0 Å². The second-order valence-corrected chi connectivity index (χ2v) is 3.34. The molecule has 0 spiro atoms. The van der Waals surface area contributed by atoms with Gasteiger partial charge in [0.05, 0.1) is 5.92 Å². The van der Waals surface area contributed by atoms with Gasteiger partial charge in [-0.2, -0.15) is 0 Å². The number of carboxylic acids is 1. The second kappa shape index (κ2) is 2.83. The van der Waals surface area contributed by atoms with Crippen molar-refractivity contribution in [2.75, 3.05) is 0 Å². The van der Waals surface area contributed by atoms with E-state index in [1.807, 2.05) is 0 Å². The highest BCUT2D eigenvalue weighted by Crippen LogP contribution is 2.47. The minimum absolute atomic E-state index is 0.0955. The lowest BCUT2D eigenvalue weighted by atomic mass is 10.1. The number of aliphatic carboxylic acids is 1. The summed E-state index contributed by atoms with van der Waals surface area (Å²) >= 11 is 0. The van der Waals surface area contributed by atoms with Crippen LogP contribution in [0.1, 0.15) is 17.9 Å². The van der Waals surface area contributed by atoms with Gasteiger partial charge in [0, 0.05) is 0 Å². The summed E-state index contributed by atoms with van der Waals surface area (Å²) in [6, 6.07) is 6.05. The second-order valence-electron chi connectivity index (χ2n) is 3.34. The van der Waals surface area contributed by atoms with Crippen LogP contribution in [-0.4, -0.2) is 11.1 Å². The first-order valence-electron chi connectivity index (χ1n) is 4.17. The number of benzene rings is 1. The highest BCUT2D eigenvalue weighted by Gasteiger charge is 2.43. The van der Waals surface area contributed by atoms with Crippen molar-refractivity contribution in [1.29, 1.82) is 0 Å². The highest BCUT2D eigenvalue weighted by molar-refractivity contribution is 5.75. The smallest absolute Gasteiger partial charge is 0.307 e. The van der Waals surface area contributed by atoms with Gasteiger partial charge in [-0.25, -0.2) is 4.39 Å². The molecule has 0 unspecified atom stereocenters. The Bertz CT molecular complexity index is 331. The normalized spacial score (nSPS) is 25.6.